The molecule has 0 bridgehead atoms. The molecule has 1 aliphatic rings. The smallest absolute Gasteiger partial charge is 0.338 e. The fourth-order valence-corrected chi connectivity index (χ4v) is 3.57. The van der Waals surface area contributed by atoms with E-state index in [9.17, 15) is 14.0 Å². The molecule has 0 saturated carbocycles. The van der Waals surface area contributed by atoms with Crippen molar-refractivity contribution in [2.24, 2.45) is 5.73 Å². The molecule has 2 N–H and O–H groups in total. The Hall–Kier alpha value is -2.73. The van der Waals surface area contributed by atoms with Gasteiger partial charge in [-0.2, -0.15) is 0 Å². The number of amides is 1. The molecule has 0 aliphatic carbocycles. The number of nitrogens with zero attached hydrogens (tertiary/aromatic N) is 1. The number of nitrogens with two attached hydrogens (primary N) is 1. The Morgan fingerprint density at radius 3 is 2.55 bits per heavy atom. The summed E-state index contributed by atoms with van der Waals surface area (Å²) < 4.78 is 18.4. The zero-order valence-electron chi connectivity index (χ0n) is 16.8. The van der Waals surface area contributed by atoms with Gasteiger partial charge in [0.05, 0.1) is 24.8 Å². The summed E-state index contributed by atoms with van der Waals surface area (Å²) in [5.74, 6) is -0.744. The third kappa shape index (κ3) is 4.82. The molecule has 0 spiro atoms. The Balaban J connectivity index is 1.72. The first-order valence-electron chi connectivity index (χ1n) is 9.96. The van der Waals surface area contributed by atoms with Crippen molar-refractivity contribution < 1.29 is 18.7 Å². The second-order valence-electron chi connectivity index (χ2n) is 7.41. The number of hydrogen-bond donors (Lipinski definition) is 1. The minimum atomic E-state index is -0.953. The molecule has 29 heavy (non-hydrogen) atoms. The molecule has 2 aromatic rings. The number of carbonyl (C=O) groups is 2. The number of carbonyl (C=O) groups excluding carboxylic acids is 2. The van der Waals surface area contributed by atoms with Gasteiger partial charge >= 0.3 is 5.97 Å². The molecule has 0 aromatic heterocycles. The zero-order chi connectivity index (χ0) is 21.0. The Bertz CT molecular complexity index is 869. The summed E-state index contributed by atoms with van der Waals surface area (Å²) in [6.07, 6.45) is -0.571. The van der Waals surface area contributed by atoms with Gasteiger partial charge in [0, 0.05) is 12.5 Å². The first-order valence-corrected chi connectivity index (χ1v) is 9.96. The van der Waals surface area contributed by atoms with Gasteiger partial charge in [0.2, 0.25) is 5.91 Å². The summed E-state index contributed by atoms with van der Waals surface area (Å²) >= 11 is 0. The van der Waals surface area contributed by atoms with E-state index >= 15 is 0 Å². The predicted molar refractivity (Wildman–Crippen MR) is 110 cm³/mol. The molecule has 6 heteroatoms. The summed E-state index contributed by atoms with van der Waals surface area (Å²) in [5.41, 5.74) is 9.48. The van der Waals surface area contributed by atoms with Crippen molar-refractivity contribution in [2.75, 3.05) is 19.7 Å². The largest absolute Gasteiger partial charge is 0.462 e. The van der Waals surface area contributed by atoms with Gasteiger partial charge in [-0.1, -0.05) is 43.3 Å². The van der Waals surface area contributed by atoms with Gasteiger partial charge in [0.25, 0.3) is 0 Å². The maximum Gasteiger partial charge on any atom is 0.338 e. The minimum absolute atomic E-state index is 0.134. The van der Waals surface area contributed by atoms with Crippen LogP contribution in [0.4, 0.5) is 4.39 Å². The first-order chi connectivity index (χ1) is 13.9. The van der Waals surface area contributed by atoms with Crippen molar-refractivity contribution in [1.29, 1.82) is 0 Å². The fraction of sp³-hybridized carbons (Fsp3) is 0.391. The van der Waals surface area contributed by atoms with Gasteiger partial charge in [-0.3, -0.25) is 4.79 Å². The van der Waals surface area contributed by atoms with Crippen molar-refractivity contribution in [1.82, 2.24) is 4.90 Å². The Morgan fingerprint density at radius 2 is 1.93 bits per heavy atom. The first kappa shape index (κ1) is 21.0. The summed E-state index contributed by atoms with van der Waals surface area (Å²) in [6.45, 7) is 4.57. The summed E-state index contributed by atoms with van der Waals surface area (Å²) in [4.78, 5) is 26.0. The topological polar surface area (TPSA) is 72.6 Å². The van der Waals surface area contributed by atoms with Crippen LogP contribution in [0.3, 0.4) is 0 Å². The van der Waals surface area contributed by atoms with Crippen LogP contribution in [0.5, 0.6) is 0 Å². The van der Waals surface area contributed by atoms with E-state index in [1.54, 1.807) is 19.1 Å². The van der Waals surface area contributed by atoms with E-state index in [1.807, 2.05) is 43.3 Å². The van der Waals surface area contributed by atoms with Crippen molar-refractivity contribution in [2.45, 2.75) is 38.4 Å². The predicted octanol–water partition coefficient (Wildman–Crippen LogP) is 3.53. The van der Waals surface area contributed by atoms with E-state index in [2.05, 4.69) is 0 Å². The molecule has 1 heterocycles. The van der Waals surface area contributed by atoms with Crippen molar-refractivity contribution >= 4 is 11.9 Å². The highest BCUT2D eigenvalue weighted by atomic mass is 19.1. The molecular weight excluding hydrogens is 371 g/mol. The second-order valence-corrected chi connectivity index (χ2v) is 7.41. The summed E-state index contributed by atoms with van der Waals surface area (Å²) in [7, 11) is 0. The minimum Gasteiger partial charge on any atom is -0.462 e. The SMILES string of the molecule is CCOC(=O)c1cccc(-c2ccc([C@H](C)[C@H](N)C(=O)N3CC[C@H](F)C3)cc2)c1. The standard InChI is InChI=1S/C23H27FN2O3/c1-3-29-23(28)19-6-4-5-18(13-19)17-9-7-16(8-10-17)15(2)21(25)22(27)26-12-11-20(24)14-26/h4-10,13,15,20-21H,3,11-12,14,25H2,1-2H3/t15-,20-,21-/m0/s1. The van der Waals surface area contributed by atoms with Crippen LogP contribution in [-0.2, 0) is 9.53 Å². The van der Waals surface area contributed by atoms with Gasteiger partial charge in [0.15, 0.2) is 0 Å². The van der Waals surface area contributed by atoms with E-state index in [0.29, 0.717) is 25.1 Å². The Labute approximate surface area is 170 Å². The number of ether oxygens (including phenoxy) is 1. The maximum absolute atomic E-state index is 13.4. The molecule has 3 rings (SSSR count). The normalized spacial score (nSPS) is 18.3. The number of rotatable bonds is 6. The van der Waals surface area contributed by atoms with E-state index < -0.39 is 12.2 Å². The lowest BCUT2D eigenvalue weighted by Crippen LogP contribution is -2.45. The van der Waals surface area contributed by atoms with Crippen LogP contribution in [0.2, 0.25) is 0 Å². The van der Waals surface area contributed by atoms with E-state index in [4.69, 9.17) is 10.5 Å². The molecule has 1 aliphatic heterocycles. The van der Waals surface area contributed by atoms with Crippen LogP contribution in [0.15, 0.2) is 48.5 Å². The van der Waals surface area contributed by atoms with Crippen LogP contribution in [0, 0.1) is 0 Å². The van der Waals surface area contributed by atoms with Gasteiger partial charge in [-0.15, -0.1) is 0 Å². The van der Waals surface area contributed by atoms with Gasteiger partial charge in [-0.05, 0) is 42.2 Å². The van der Waals surface area contributed by atoms with Crippen molar-refractivity contribution in [3.05, 3.63) is 59.7 Å². The number of benzene rings is 2. The highest BCUT2D eigenvalue weighted by Gasteiger charge is 2.32. The molecule has 1 amide bonds. The quantitative estimate of drug-likeness (QED) is 0.756. The second kappa shape index (κ2) is 9.18. The zero-order valence-corrected chi connectivity index (χ0v) is 16.8. The summed E-state index contributed by atoms with van der Waals surface area (Å²) in [6, 6.07) is 14.3. The number of halogens is 1. The van der Waals surface area contributed by atoms with Crippen LogP contribution >= 0.6 is 0 Å². The molecular formula is C23H27FN2O3. The molecule has 1 fully saturated rings. The maximum atomic E-state index is 13.4. The average Bonchev–Trinajstić information content (AvgIpc) is 3.19. The van der Waals surface area contributed by atoms with E-state index in [0.717, 1.165) is 16.7 Å². The van der Waals surface area contributed by atoms with Gasteiger partial charge in [0.1, 0.15) is 6.17 Å². The lowest BCUT2D eigenvalue weighted by molar-refractivity contribution is -0.132. The third-order valence-electron chi connectivity index (χ3n) is 5.41. The molecule has 1 saturated heterocycles. The molecule has 0 radical (unpaired) electrons. The molecule has 154 valence electrons. The van der Waals surface area contributed by atoms with Crippen LogP contribution in [0.25, 0.3) is 11.1 Å². The van der Waals surface area contributed by atoms with Crippen LogP contribution in [0.1, 0.15) is 42.1 Å². The number of esters is 1. The van der Waals surface area contributed by atoms with Crippen molar-refractivity contribution in [3.63, 3.8) is 0 Å². The average molecular weight is 398 g/mol. The number of likely N-dealkylation sites (tertiary alicyclic amines) is 1. The lowest BCUT2D eigenvalue weighted by Gasteiger charge is -2.25. The number of alkyl halides is 1. The van der Waals surface area contributed by atoms with Gasteiger partial charge < -0.3 is 15.4 Å². The monoisotopic (exact) mass is 398 g/mol. The van der Waals surface area contributed by atoms with E-state index in [-0.39, 0.29) is 24.3 Å². The highest BCUT2D eigenvalue weighted by Crippen LogP contribution is 2.26. The van der Waals surface area contributed by atoms with Crippen LogP contribution in [-0.4, -0.2) is 48.7 Å². The molecule has 2 aromatic carbocycles. The third-order valence-corrected chi connectivity index (χ3v) is 5.41. The molecule has 3 atom stereocenters. The number of hydrogen-bond acceptors (Lipinski definition) is 4. The Kier molecular flexibility index (Phi) is 6.64. The Morgan fingerprint density at radius 1 is 1.21 bits per heavy atom. The molecule has 5 nitrogen and oxygen atoms in total. The molecule has 0 unspecified atom stereocenters. The fourth-order valence-electron chi connectivity index (χ4n) is 3.57. The lowest BCUT2D eigenvalue weighted by atomic mass is 9.91. The van der Waals surface area contributed by atoms with E-state index in [1.165, 1.54) is 4.90 Å². The van der Waals surface area contributed by atoms with Crippen LogP contribution < -0.4 is 5.73 Å². The highest BCUT2D eigenvalue weighted by molar-refractivity contribution is 5.91. The van der Waals surface area contributed by atoms with Crippen molar-refractivity contribution in [3.8, 4) is 11.1 Å². The van der Waals surface area contributed by atoms with Gasteiger partial charge in [-0.25, -0.2) is 9.18 Å². The summed E-state index contributed by atoms with van der Waals surface area (Å²) in [5, 5.41) is 0.